The molecular formula is C28H25NNaO4. The minimum Gasteiger partial charge on any atom is -0.440 e. The van der Waals surface area contributed by atoms with Crippen LogP contribution in [0.25, 0.3) is 22.6 Å². The molecule has 3 aromatic carbocycles. The van der Waals surface area contributed by atoms with Crippen molar-refractivity contribution in [3.63, 3.8) is 0 Å². The summed E-state index contributed by atoms with van der Waals surface area (Å²) in [5.41, 5.74) is 4.13. The number of carbonyl (C=O) groups excluding carboxylic acids is 1. The third-order valence-corrected chi connectivity index (χ3v) is 6.09. The van der Waals surface area contributed by atoms with Gasteiger partial charge >= 0.3 is 5.97 Å². The zero-order valence-electron chi connectivity index (χ0n) is 19.4. The predicted molar refractivity (Wildman–Crippen MR) is 131 cm³/mol. The Labute approximate surface area is 221 Å². The Bertz CT molecular complexity index is 1180. The van der Waals surface area contributed by atoms with Gasteiger partial charge < -0.3 is 4.42 Å². The largest absolute Gasteiger partial charge is 0.440 e. The van der Waals surface area contributed by atoms with Gasteiger partial charge in [0.1, 0.15) is 5.69 Å². The van der Waals surface area contributed by atoms with E-state index < -0.39 is 5.97 Å². The fourth-order valence-electron chi connectivity index (χ4n) is 4.52. The number of oxazole rings is 1. The minimum atomic E-state index is -0.478. The summed E-state index contributed by atoms with van der Waals surface area (Å²) in [7, 11) is 0. The van der Waals surface area contributed by atoms with Crippen molar-refractivity contribution < 1.29 is 19.0 Å². The standard InChI is InChI=1S/C28H25NO4.Na/c1-19(30)32-33-25-14-8-13-22(18-25)23-15-16-24(17-23)28-29-26(20-9-4-2-5-10-20)27(31-28)21-11-6-3-7-12-21;/h2-14,18,23-24H,15-17H2,1H3;. The Hall–Kier alpha value is -2.86. The van der Waals surface area contributed by atoms with Gasteiger partial charge in [0.05, 0.1) is 0 Å². The van der Waals surface area contributed by atoms with E-state index in [1.807, 2.05) is 48.5 Å². The van der Waals surface area contributed by atoms with E-state index in [0.29, 0.717) is 11.7 Å². The van der Waals surface area contributed by atoms with Gasteiger partial charge in [0, 0.05) is 53.5 Å². The zero-order chi connectivity index (χ0) is 22.6. The number of rotatable bonds is 6. The molecule has 6 heteroatoms. The summed E-state index contributed by atoms with van der Waals surface area (Å²) < 4.78 is 6.42. The van der Waals surface area contributed by atoms with E-state index in [0.717, 1.165) is 47.7 Å². The monoisotopic (exact) mass is 462 g/mol. The van der Waals surface area contributed by atoms with E-state index in [1.54, 1.807) is 6.07 Å². The van der Waals surface area contributed by atoms with Crippen LogP contribution >= 0.6 is 0 Å². The molecule has 1 heterocycles. The molecule has 1 aliphatic rings. The van der Waals surface area contributed by atoms with Crippen LogP contribution in [0.4, 0.5) is 0 Å². The summed E-state index contributed by atoms with van der Waals surface area (Å²) in [6.07, 6.45) is 2.98. The molecule has 4 aromatic rings. The van der Waals surface area contributed by atoms with Crippen LogP contribution in [0, 0.1) is 0 Å². The van der Waals surface area contributed by atoms with Crippen LogP contribution < -0.4 is 4.89 Å². The van der Waals surface area contributed by atoms with Gasteiger partial charge in [0.25, 0.3) is 0 Å². The van der Waals surface area contributed by atoms with E-state index >= 15 is 0 Å². The normalized spacial score (nSPS) is 17.1. The van der Waals surface area contributed by atoms with Crippen molar-refractivity contribution in [2.24, 2.45) is 0 Å². The molecule has 167 valence electrons. The Morgan fingerprint density at radius 1 is 0.882 bits per heavy atom. The van der Waals surface area contributed by atoms with Crippen molar-refractivity contribution in [1.29, 1.82) is 0 Å². The molecule has 1 aromatic heterocycles. The van der Waals surface area contributed by atoms with Crippen molar-refractivity contribution in [3.05, 3.63) is 96.4 Å². The molecule has 0 saturated heterocycles. The molecular weight excluding hydrogens is 437 g/mol. The molecule has 5 rings (SSSR count). The third-order valence-electron chi connectivity index (χ3n) is 6.09. The number of nitrogens with zero attached hydrogens (tertiary/aromatic N) is 1. The number of hydrogen-bond acceptors (Lipinski definition) is 5. The molecule has 1 radical (unpaired) electrons. The van der Waals surface area contributed by atoms with Gasteiger partial charge in [-0.15, -0.1) is 0 Å². The van der Waals surface area contributed by atoms with Crippen molar-refractivity contribution in [2.45, 2.75) is 38.0 Å². The molecule has 5 nitrogen and oxygen atoms in total. The van der Waals surface area contributed by atoms with Crippen LogP contribution in [-0.2, 0) is 9.68 Å². The second-order valence-electron chi connectivity index (χ2n) is 8.40. The maximum absolute atomic E-state index is 11.0. The number of carbonyl (C=O) groups is 1. The summed E-state index contributed by atoms with van der Waals surface area (Å²) >= 11 is 0. The van der Waals surface area contributed by atoms with E-state index in [9.17, 15) is 4.79 Å². The van der Waals surface area contributed by atoms with Gasteiger partial charge in [-0.3, -0.25) is 9.78 Å². The molecule has 0 bridgehead atoms. The molecule has 0 spiro atoms. The maximum Gasteiger partial charge on any atom is 0.352 e. The zero-order valence-corrected chi connectivity index (χ0v) is 21.4. The van der Waals surface area contributed by atoms with E-state index in [2.05, 4.69) is 35.2 Å². The molecule has 0 N–H and O–H groups in total. The molecule has 1 saturated carbocycles. The number of aromatic nitrogens is 1. The van der Waals surface area contributed by atoms with Crippen molar-refractivity contribution in [1.82, 2.24) is 4.98 Å². The quantitative estimate of drug-likeness (QED) is 0.185. The van der Waals surface area contributed by atoms with Crippen molar-refractivity contribution >= 4 is 35.5 Å². The summed E-state index contributed by atoms with van der Waals surface area (Å²) in [6, 6.07) is 28.1. The fraction of sp³-hybridized carbons (Fsp3) is 0.214. The van der Waals surface area contributed by atoms with Crippen molar-refractivity contribution in [2.75, 3.05) is 0 Å². The Morgan fingerprint density at radius 3 is 2.26 bits per heavy atom. The van der Waals surface area contributed by atoms with E-state index in [1.165, 1.54) is 12.5 Å². The fourth-order valence-corrected chi connectivity index (χ4v) is 4.52. The first kappa shape index (κ1) is 24.3. The van der Waals surface area contributed by atoms with Gasteiger partial charge in [-0.1, -0.05) is 72.8 Å². The Balaban J connectivity index is 0.00000274. The topological polar surface area (TPSA) is 61.6 Å². The van der Waals surface area contributed by atoms with Gasteiger partial charge in [-0.2, -0.15) is 0 Å². The van der Waals surface area contributed by atoms with Gasteiger partial charge in [0.2, 0.25) is 0 Å². The van der Waals surface area contributed by atoms with E-state index in [-0.39, 0.29) is 35.5 Å². The van der Waals surface area contributed by atoms with Crippen LogP contribution in [-0.4, -0.2) is 40.5 Å². The molecule has 1 fully saturated rings. The van der Waals surface area contributed by atoms with Crippen LogP contribution in [0.3, 0.4) is 0 Å². The summed E-state index contributed by atoms with van der Waals surface area (Å²) in [5.74, 6) is 2.27. The van der Waals surface area contributed by atoms with Crippen molar-refractivity contribution in [3.8, 4) is 28.3 Å². The molecule has 1 aliphatic carbocycles. The maximum atomic E-state index is 11.0. The molecule has 2 unspecified atom stereocenters. The van der Waals surface area contributed by atoms with Gasteiger partial charge in [0.15, 0.2) is 17.4 Å². The minimum absolute atomic E-state index is 0. The molecule has 2 atom stereocenters. The second-order valence-corrected chi connectivity index (χ2v) is 8.40. The first-order chi connectivity index (χ1) is 16.2. The summed E-state index contributed by atoms with van der Waals surface area (Å²) in [5, 5.41) is 0. The SMILES string of the molecule is CC(=O)OOc1cccc(C2CCC(c3nc(-c4ccccc4)c(-c4ccccc4)o3)C2)c1.[Na]. The third kappa shape index (κ3) is 5.44. The molecule has 0 aliphatic heterocycles. The van der Waals surface area contributed by atoms with Gasteiger partial charge in [-0.25, -0.2) is 9.78 Å². The Morgan fingerprint density at radius 2 is 1.56 bits per heavy atom. The average molecular weight is 463 g/mol. The van der Waals surface area contributed by atoms with Crippen LogP contribution in [0.1, 0.15) is 49.5 Å². The summed E-state index contributed by atoms with van der Waals surface area (Å²) in [4.78, 5) is 25.8. The molecule has 0 amide bonds. The van der Waals surface area contributed by atoms with Gasteiger partial charge in [-0.05, 0) is 42.9 Å². The second kappa shape index (κ2) is 11.0. The Kier molecular flexibility index (Phi) is 7.88. The van der Waals surface area contributed by atoms with E-state index in [4.69, 9.17) is 14.3 Å². The van der Waals surface area contributed by atoms with Crippen LogP contribution in [0.5, 0.6) is 5.75 Å². The smallest absolute Gasteiger partial charge is 0.352 e. The number of benzene rings is 3. The predicted octanol–water partition coefficient (Wildman–Crippen LogP) is 6.54. The first-order valence-corrected chi connectivity index (χ1v) is 11.2. The number of hydrogen-bond donors (Lipinski definition) is 0. The average Bonchev–Trinajstić information content (AvgIpc) is 3.52. The first-order valence-electron chi connectivity index (χ1n) is 11.2. The molecule has 34 heavy (non-hydrogen) atoms. The summed E-state index contributed by atoms with van der Waals surface area (Å²) in [6.45, 7) is 1.31. The van der Waals surface area contributed by atoms with Crippen LogP contribution in [0.15, 0.2) is 89.3 Å². The van der Waals surface area contributed by atoms with Crippen LogP contribution in [0.2, 0.25) is 0 Å².